The van der Waals surface area contributed by atoms with Gasteiger partial charge in [0.1, 0.15) is 5.82 Å². The Hall–Kier alpha value is -3.39. The highest BCUT2D eigenvalue weighted by Gasteiger charge is 2.21. The number of carbonyl (C=O) groups excluding carboxylic acids is 2. The molecule has 0 unspecified atom stereocenters. The summed E-state index contributed by atoms with van der Waals surface area (Å²) in [5.74, 6) is 0.536. The zero-order chi connectivity index (χ0) is 22.2. The van der Waals surface area contributed by atoms with Crippen molar-refractivity contribution in [1.82, 2.24) is 9.80 Å². The predicted octanol–water partition coefficient (Wildman–Crippen LogP) is 2.64. The molecule has 0 bridgehead atoms. The molecular formula is C23H26FN3O4. The van der Waals surface area contributed by atoms with Crippen LogP contribution in [0.4, 0.5) is 10.1 Å². The fourth-order valence-electron chi connectivity index (χ4n) is 3.33. The van der Waals surface area contributed by atoms with Crippen molar-refractivity contribution in [1.29, 1.82) is 0 Å². The predicted molar refractivity (Wildman–Crippen MR) is 117 cm³/mol. The van der Waals surface area contributed by atoms with Gasteiger partial charge in [0.05, 0.1) is 20.8 Å². The smallest absolute Gasteiger partial charge is 0.246 e. The van der Waals surface area contributed by atoms with Crippen LogP contribution in [0.1, 0.15) is 5.56 Å². The van der Waals surface area contributed by atoms with Crippen LogP contribution in [0.2, 0.25) is 0 Å². The number of benzene rings is 2. The van der Waals surface area contributed by atoms with Gasteiger partial charge < -0.3 is 19.7 Å². The Morgan fingerprint density at radius 1 is 1.03 bits per heavy atom. The first-order chi connectivity index (χ1) is 15.0. The van der Waals surface area contributed by atoms with Crippen molar-refractivity contribution in [3.8, 4) is 11.5 Å². The van der Waals surface area contributed by atoms with E-state index in [-0.39, 0.29) is 18.4 Å². The van der Waals surface area contributed by atoms with E-state index < -0.39 is 5.82 Å². The largest absolute Gasteiger partial charge is 0.493 e. The molecule has 1 saturated heterocycles. The third-order valence-corrected chi connectivity index (χ3v) is 4.99. The number of piperazine rings is 1. The molecule has 0 saturated carbocycles. The molecule has 2 aromatic carbocycles. The number of halogens is 1. The van der Waals surface area contributed by atoms with Gasteiger partial charge in [0.2, 0.25) is 11.8 Å². The molecule has 8 heteroatoms. The monoisotopic (exact) mass is 427 g/mol. The first kappa shape index (κ1) is 22.3. The lowest BCUT2D eigenvalue weighted by molar-refractivity contribution is -0.127. The van der Waals surface area contributed by atoms with E-state index >= 15 is 0 Å². The van der Waals surface area contributed by atoms with Gasteiger partial charge in [-0.05, 0) is 42.0 Å². The van der Waals surface area contributed by atoms with Crippen molar-refractivity contribution >= 4 is 23.6 Å². The molecule has 0 spiro atoms. The van der Waals surface area contributed by atoms with E-state index in [1.807, 2.05) is 11.0 Å². The summed E-state index contributed by atoms with van der Waals surface area (Å²) in [4.78, 5) is 28.4. The van der Waals surface area contributed by atoms with Crippen LogP contribution < -0.4 is 14.8 Å². The van der Waals surface area contributed by atoms with Crippen molar-refractivity contribution < 1.29 is 23.5 Å². The Labute approximate surface area is 181 Å². The van der Waals surface area contributed by atoms with E-state index in [4.69, 9.17) is 9.47 Å². The van der Waals surface area contributed by atoms with E-state index in [0.717, 1.165) is 5.56 Å². The maximum absolute atomic E-state index is 13.2. The molecule has 31 heavy (non-hydrogen) atoms. The van der Waals surface area contributed by atoms with E-state index in [1.54, 1.807) is 49.5 Å². The minimum Gasteiger partial charge on any atom is -0.493 e. The van der Waals surface area contributed by atoms with Gasteiger partial charge in [0.25, 0.3) is 0 Å². The Morgan fingerprint density at radius 2 is 1.77 bits per heavy atom. The quantitative estimate of drug-likeness (QED) is 0.688. The van der Waals surface area contributed by atoms with E-state index in [2.05, 4.69) is 5.32 Å². The highest BCUT2D eigenvalue weighted by atomic mass is 19.1. The summed E-state index contributed by atoms with van der Waals surface area (Å²) in [6, 6.07) is 11.2. The summed E-state index contributed by atoms with van der Waals surface area (Å²) >= 11 is 0. The van der Waals surface area contributed by atoms with Crippen LogP contribution >= 0.6 is 0 Å². The topological polar surface area (TPSA) is 71.1 Å². The summed E-state index contributed by atoms with van der Waals surface area (Å²) in [7, 11) is 3.13. The number of rotatable bonds is 7. The molecule has 3 rings (SSSR count). The lowest BCUT2D eigenvalue weighted by Crippen LogP contribution is -2.50. The summed E-state index contributed by atoms with van der Waals surface area (Å²) in [5.41, 5.74) is 1.26. The van der Waals surface area contributed by atoms with E-state index in [0.29, 0.717) is 43.4 Å². The first-order valence-corrected chi connectivity index (χ1v) is 9.95. The summed E-state index contributed by atoms with van der Waals surface area (Å²) in [6.07, 6.45) is 3.27. The molecule has 0 aromatic heterocycles. The van der Waals surface area contributed by atoms with Gasteiger partial charge in [-0.15, -0.1) is 0 Å². The number of methoxy groups -OCH3 is 2. The lowest BCUT2D eigenvalue weighted by atomic mass is 10.2. The lowest BCUT2D eigenvalue weighted by Gasteiger charge is -2.33. The van der Waals surface area contributed by atoms with Gasteiger partial charge in [-0.25, -0.2) is 4.39 Å². The zero-order valence-corrected chi connectivity index (χ0v) is 17.6. The van der Waals surface area contributed by atoms with Crippen LogP contribution in [-0.4, -0.2) is 68.6 Å². The standard InChI is InChI=1S/C23H26FN3O4/c1-30-20-8-6-17(14-21(20)31-2)7-9-23(29)27-12-10-26(11-13-27)16-22(28)25-19-5-3-4-18(24)15-19/h3-9,14-15H,10-13,16H2,1-2H3,(H,25,28)/b9-7+. The molecule has 0 aliphatic carbocycles. The SMILES string of the molecule is COc1ccc(/C=C/C(=O)N2CCN(CC(=O)Nc3cccc(F)c3)CC2)cc1OC. The highest BCUT2D eigenvalue weighted by molar-refractivity contribution is 5.93. The summed E-state index contributed by atoms with van der Waals surface area (Å²) < 4.78 is 23.7. The number of amides is 2. The molecule has 0 radical (unpaired) electrons. The minimum absolute atomic E-state index is 0.0846. The molecule has 1 N–H and O–H groups in total. The highest BCUT2D eigenvalue weighted by Crippen LogP contribution is 2.28. The molecule has 1 heterocycles. The van der Waals surface area contributed by atoms with Crippen LogP contribution in [0, 0.1) is 5.82 Å². The minimum atomic E-state index is -0.397. The number of anilines is 1. The number of ether oxygens (including phenoxy) is 2. The molecule has 1 fully saturated rings. The second-order valence-corrected chi connectivity index (χ2v) is 7.11. The molecule has 2 amide bonds. The van der Waals surface area contributed by atoms with Gasteiger partial charge in [0.15, 0.2) is 11.5 Å². The van der Waals surface area contributed by atoms with Crippen molar-refractivity contribution in [2.45, 2.75) is 0 Å². The fraction of sp³-hybridized carbons (Fsp3) is 0.304. The Kier molecular flexibility index (Phi) is 7.61. The first-order valence-electron chi connectivity index (χ1n) is 9.95. The average Bonchev–Trinajstić information content (AvgIpc) is 2.77. The van der Waals surface area contributed by atoms with Crippen LogP contribution in [0.3, 0.4) is 0 Å². The zero-order valence-electron chi connectivity index (χ0n) is 17.6. The maximum Gasteiger partial charge on any atom is 0.246 e. The summed E-state index contributed by atoms with van der Waals surface area (Å²) in [6.45, 7) is 2.43. The van der Waals surface area contributed by atoms with Crippen molar-refractivity contribution in [3.63, 3.8) is 0 Å². The second-order valence-electron chi connectivity index (χ2n) is 7.11. The van der Waals surface area contributed by atoms with Crippen LogP contribution in [-0.2, 0) is 9.59 Å². The van der Waals surface area contributed by atoms with Gasteiger partial charge in [-0.3, -0.25) is 14.5 Å². The normalized spacial score (nSPS) is 14.5. The molecule has 7 nitrogen and oxygen atoms in total. The molecule has 2 aromatic rings. The average molecular weight is 427 g/mol. The number of nitrogens with one attached hydrogen (secondary N) is 1. The molecule has 1 aliphatic rings. The van der Waals surface area contributed by atoms with Gasteiger partial charge in [0, 0.05) is 37.9 Å². The third kappa shape index (κ3) is 6.29. The van der Waals surface area contributed by atoms with Crippen LogP contribution in [0.5, 0.6) is 11.5 Å². The number of hydrogen-bond acceptors (Lipinski definition) is 5. The van der Waals surface area contributed by atoms with E-state index in [1.165, 1.54) is 18.2 Å². The number of hydrogen-bond donors (Lipinski definition) is 1. The van der Waals surface area contributed by atoms with E-state index in [9.17, 15) is 14.0 Å². The van der Waals surface area contributed by atoms with Crippen LogP contribution in [0.15, 0.2) is 48.5 Å². The second kappa shape index (κ2) is 10.6. The Morgan fingerprint density at radius 3 is 2.45 bits per heavy atom. The summed E-state index contributed by atoms with van der Waals surface area (Å²) in [5, 5.41) is 2.69. The van der Waals surface area contributed by atoms with Crippen LogP contribution in [0.25, 0.3) is 6.08 Å². The van der Waals surface area contributed by atoms with Crippen molar-refractivity contribution in [3.05, 3.63) is 59.9 Å². The van der Waals surface area contributed by atoms with Crippen molar-refractivity contribution in [2.75, 3.05) is 52.3 Å². The molecule has 0 atom stereocenters. The molecular weight excluding hydrogens is 401 g/mol. The van der Waals surface area contributed by atoms with Gasteiger partial charge in [-0.1, -0.05) is 12.1 Å². The molecule has 164 valence electrons. The van der Waals surface area contributed by atoms with Gasteiger partial charge >= 0.3 is 0 Å². The molecule has 1 aliphatic heterocycles. The third-order valence-electron chi connectivity index (χ3n) is 4.99. The maximum atomic E-state index is 13.2. The Balaban J connectivity index is 1.47. The fourth-order valence-corrected chi connectivity index (χ4v) is 3.33. The number of carbonyl (C=O) groups is 2. The van der Waals surface area contributed by atoms with Crippen molar-refractivity contribution in [2.24, 2.45) is 0 Å². The van der Waals surface area contributed by atoms with Gasteiger partial charge in [-0.2, -0.15) is 0 Å². The number of nitrogens with zero attached hydrogens (tertiary/aromatic N) is 2. The Bertz CT molecular complexity index is 956.